The predicted octanol–water partition coefficient (Wildman–Crippen LogP) is 5.73. The molecule has 0 unspecified atom stereocenters. The van der Waals surface area contributed by atoms with E-state index in [1.165, 1.54) is 40.4 Å². The summed E-state index contributed by atoms with van der Waals surface area (Å²) in [5.41, 5.74) is 2.50. The Morgan fingerprint density at radius 2 is 2.14 bits per heavy atom. The Balaban J connectivity index is 1.63. The molecule has 0 aliphatic carbocycles. The average molecular weight is 466 g/mol. The maximum atomic E-state index is 12.6. The van der Waals surface area contributed by atoms with E-state index in [0.717, 1.165) is 22.9 Å². The van der Waals surface area contributed by atoms with Crippen molar-refractivity contribution in [2.24, 2.45) is 0 Å². The average Bonchev–Trinajstić information content (AvgIpc) is 3.14. The third kappa shape index (κ3) is 6.67. The maximum Gasteiger partial charge on any atom is 0.277 e. The molecule has 1 N–H and O–H groups in total. The highest BCUT2D eigenvalue weighted by atomic mass is 35.5. The van der Waals surface area contributed by atoms with Crippen LogP contribution in [0.15, 0.2) is 40.0 Å². The monoisotopic (exact) mass is 465 g/mol. The first-order valence-electron chi connectivity index (χ1n) is 9.03. The number of aryl methyl sites for hydroxylation is 1. The summed E-state index contributed by atoms with van der Waals surface area (Å²) >= 11 is 10.6. The number of aromatic nitrogens is 4. The molecule has 152 valence electrons. The van der Waals surface area contributed by atoms with Crippen molar-refractivity contribution in [3.05, 3.63) is 52.3 Å². The van der Waals surface area contributed by atoms with Gasteiger partial charge in [0.2, 0.25) is 5.13 Å². The molecule has 2 aromatic heterocycles. The summed E-state index contributed by atoms with van der Waals surface area (Å²) in [5, 5.41) is 12.0. The Morgan fingerprint density at radius 1 is 1.28 bits per heavy atom. The number of thioether (sulfide) groups is 2. The second-order valence-electron chi connectivity index (χ2n) is 6.16. The van der Waals surface area contributed by atoms with Gasteiger partial charge in [0.1, 0.15) is 0 Å². The number of hydrogen-bond acceptors (Lipinski definition) is 8. The maximum absolute atomic E-state index is 12.6. The van der Waals surface area contributed by atoms with Crippen LogP contribution in [0.3, 0.4) is 0 Å². The van der Waals surface area contributed by atoms with E-state index < -0.39 is 5.91 Å². The zero-order valence-corrected chi connectivity index (χ0v) is 19.2. The molecule has 0 aliphatic rings. The smallest absolute Gasteiger partial charge is 0.277 e. The molecule has 0 fully saturated rings. The number of carbonyl (C=O) groups excluding carboxylic acids is 1. The van der Waals surface area contributed by atoms with Gasteiger partial charge in [0, 0.05) is 11.5 Å². The number of nitrogens with one attached hydrogen (secondary N) is 1. The molecule has 6 nitrogen and oxygen atoms in total. The second-order valence-corrected chi connectivity index (χ2v) is 9.83. The number of nitrogens with zero attached hydrogens (tertiary/aromatic N) is 4. The quantitative estimate of drug-likeness (QED) is 0.187. The molecule has 3 aromatic rings. The number of anilines is 1. The van der Waals surface area contributed by atoms with Crippen LogP contribution in [0, 0.1) is 6.92 Å². The van der Waals surface area contributed by atoms with Crippen LogP contribution < -0.4 is 5.32 Å². The van der Waals surface area contributed by atoms with E-state index in [1.54, 1.807) is 11.8 Å². The van der Waals surface area contributed by atoms with Crippen LogP contribution in [-0.2, 0) is 5.75 Å². The van der Waals surface area contributed by atoms with Gasteiger partial charge < -0.3 is 0 Å². The van der Waals surface area contributed by atoms with Crippen LogP contribution >= 0.6 is 46.5 Å². The molecule has 1 amide bonds. The molecule has 29 heavy (non-hydrogen) atoms. The summed E-state index contributed by atoms with van der Waals surface area (Å²) in [7, 11) is 0. The minimum atomic E-state index is -0.420. The lowest BCUT2D eigenvalue weighted by Crippen LogP contribution is -2.15. The van der Waals surface area contributed by atoms with Crippen molar-refractivity contribution >= 4 is 57.5 Å². The van der Waals surface area contributed by atoms with Crippen LogP contribution in [0.4, 0.5) is 5.13 Å². The van der Waals surface area contributed by atoms with Gasteiger partial charge in [-0.1, -0.05) is 89.6 Å². The molecule has 2 heterocycles. The number of unbranched alkanes of at least 4 members (excludes halogenated alkanes) is 1. The van der Waals surface area contributed by atoms with E-state index in [0.29, 0.717) is 16.0 Å². The molecular weight excluding hydrogens is 446 g/mol. The van der Waals surface area contributed by atoms with Gasteiger partial charge in [0.25, 0.3) is 5.91 Å². The topological polar surface area (TPSA) is 80.7 Å². The van der Waals surface area contributed by atoms with E-state index >= 15 is 0 Å². The minimum absolute atomic E-state index is 0.129. The third-order valence-electron chi connectivity index (χ3n) is 3.74. The number of benzene rings is 1. The van der Waals surface area contributed by atoms with Gasteiger partial charge in [-0.15, -0.1) is 10.2 Å². The van der Waals surface area contributed by atoms with Crippen LogP contribution in [0.25, 0.3) is 0 Å². The predicted molar refractivity (Wildman–Crippen MR) is 121 cm³/mol. The van der Waals surface area contributed by atoms with Crippen LogP contribution in [-0.4, -0.2) is 31.8 Å². The molecular formula is C19H20ClN5OS3. The molecule has 10 heteroatoms. The number of amides is 1. The molecule has 0 atom stereocenters. The lowest BCUT2D eigenvalue weighted by atomic mass is 10.2. The summed E-state index contributed by atoms with van der Waals surface area (Å²) in [6.07, 6.45) is 3.70. The highest BCUT2D eigenvalue weighted by Gasteiger charge is 2.17. The first kappa shape index (κ1) is 22.0. The number of rotatable bonds is 9. The number of carbonyl (C=O) groups is 1. The van der Waals surface area contributed by atoms with Crippen molar-refractivity contribution in [3.8, 4) is 0 Å². The van der Waals surface area contributed by atoms with E-state index in [4.69, 9.17) is 11.6 Å². The normalized spacial score (nSPS) is 10.9. The van der Waals surface area contributed by atoms with Crippen LogP contribution in [0.1, 0.15) is 41.4 Å². The zero-order valence-electron chi connectivity index (χ0n) is 16.0. The summed E-state index contributed by atoms with van der Waals surface area (Å²) in [4.78, 5) is 21.2. The SMILES string of the molecule is CCCCSc1nnc(NC(=O)c2nc(SCc3cccc(C)c3)ncc2Cl)s1. The lowest BCUT2D eigenvalue weighted by molar-refractivity contribution is 0.102. The van der Waals surface area contributed by atoms with Gasteiger partial charge in [0.15, 0.2) is 15.2 Å². The first-order chi connectivity index (χ1) is 14.0. The number of hydrogen-bond donors (Lipinski definition) is 1. The van der Waals surface area contributed by atoms with E-state index in [-0.39, 0.29) is 10.7 Å². The molecule has 0 aliphatic heterocycles. The lowest BCUT2D eigenvalue weighted by Gasteiger charge is -2.06. The Kier molecular flexibility index (Phi) is 8.29. The van der Waals surface area contributed by atoms with Gasteiger partial charge in [-0.25, -0.2) is 9.97 Å². The zero-order chi connectivity index (χ0) is 20.6. The fourth-order valence-electron chi connectivity index (χ4n) is 2.31. The molecule has 0 spiro atoms. The minimum Gasteiger partial charge on any atom is -0.295 e. The van der Waals surface area contributed by atoms with Crippen molar-refractivity contribution in [2.45, 2.75) is 41.9 Å². The van der Waals surface area contributed by atoms with Gasteiger partial charge in [-0.2, -0.15) is 0 Å². The highest BCUT2D eigenvalue weighted by Crippen LogP contribution is 2.27. The standard InChI is InChI=1S/C19H20ClN5OS3/c1-3-4-8-27-19-25-24-18(29-19)23-16(26)15-14(20)10-21-17(22-15)28-11-13-7-5-6-12(2)9-13/h5-7,9-10H,3-4,8,11H2,1-2H3,(H,23,24,26). The van der Waals surface area contributed by atoms with Gasteiger partial charge in [-0.05, 0) is 18.9 Å². The Bertz CT molecular complexity index is 982. The summed E-state index contributed by atoms with van der Waals surface area (Å²) < 4.78 is 0.830. The Labute approximate surface area is 187 Å². The van der Waals surface area contributed by atoms with Crippen molar-refractivity contribution in [1.82, 2.24) is 20.2 Å². The summed E-state index contributed by atoms with van der Waals surface area (Å²) in [5.74, 6) is 1.27. The third-order valence-corrected chi connectivity index (χ3v) is 7.01. The first-order valence-corrected chi connectivity index (χ1v) is 12.2. The van der Waals surface area contributed by atoms with Crippen molar-refractivity contribution < 1.29 is 4.79 Å². The van der Waals surface area contributed by atoms with Crippen molar-refractivity contribution in [3.63, 3.8) is 0 Å². The molecule has 0 radical (unpaired) electrons. The molecule has 0 saturated carbocycles. The fourth-order valence-corrected chi connectivity index (χ4v) is 5.14. The van der Waals surface area contributed by atoms with Gasteiger partial charge in [0.05, 0.1) is 11.2 Å². The van der Waals surface area contributed by atoms with Crippen molar-refractivity contribution in [2.75, 3.05) is 11.1 Å². The summed E-state index contributed by atoms with van der Waals surface area (Å²) in [6, 6.07) is 8.23. The Morgan fingerprint density at radius 3 is 2.93 bits per heavy atom. The molecule has 1 aromatic carbocycles. The van der Waals surface area contributed by atoms with E-state index in [1.807, 2.05) is 6.07 Å². The second kappa shape index (κ2) is 10.9. The molecule has 0 saturated heterocycles. The van der Waals surface area contributed by atoms with Gasteiger partial charge >= 0.3 is 0 Å². The molecule has 0 bridgehead atoms. The van der Waals surface area contributed by atoms with Gasteiger partial charge in [-0.3, -0.25) is 10.1 Å². The number of halogens is 1. The van der Waals surface area contributed by atoms with E-state index in [9.17, 15) is 4.79 Å². The fraction of sp³-hybridized carbons (Fsp3) is 0.316. The van der Waals surface area contributed by atoms with Crippen LogP contribution in [0.2, 0.25) is 5.02 Å². The largest absolute Gasteiger partial charge is 0.295 e. The molecule has 3 rings (SSSR count). The highest BCUT2D eigenvalue weighted by molar-refractivity contribution is 8.01. The van der Waals surface area contributed by atoms with E-state index in [2.05, 4.69) is 57.5 Å². The Hall–Kier alpha value is -1.68. The summed E-state index contributed by atoms with van der Waals surface area (Å²) in [6.45, 7) is 4.20. The van der Waals surface area contributed by atoms with Crippen LogP contribution in [0.5, 0.6) is 0 Å². The van der Waals surface area contributed by atoms with Crippen molar-refractivity contribution in [1.29, 1.82) is 0 Å².